The van der Waals surface area contributed by atoms with E-state index in [9.17, 15) is 0 Å². The Labute approximate surface area is 125 Å². The summed E-state index contributed by atoms with van der Waals surface area (Å²) in [7, 11) is 0. The molecule has 0 aliphatic carbocycles. The van der Waals surface area contributed by atoms with Gasteiger partial charge in [0.2, 0.25) is 5.95 Å². The van der Waals surface area contributed by atoms with Gasteiger partial charge in [-0.05, 0) is 19.3 Å². The van der Waals surface area contributed by atoms with Gasteiger partial charge in [0.1, 0.15) is 5.82 Å². The molecule has 0 amide bonds. The summed E-state index contributed by atoms with van der Waals surface area (Å²) in [6, 6.07) is 2.03. The van der Waals surface area contributed by atoms with Crippen LogP contribution in [0.5, 0.6) is 0 Å². The van der Waals surface area contributed by atoms with Gasteiger partial charge < -0.3 is 19.7 Å². The van der Waals surface area contributed by atoms with Crippen molar-refractivity contribution in [2.75, 3.05) is 49.7 Å². The maximum absolute atomic E-state index is 5.64. The normalized spacial score (nSPS) is 22.5. The van der Waals surface area contributed by atoms with E-state index in [0.717, 1.165) is 43.5 Å². The average Bonchev–Trinajstić information content (AvgIpc) is 3.08. The van der Waals surface area contributed by atoms with Gasteiger partial charge in [-0.15, -0.1) is 0 Å². The van der Waals surface area contributed by atoms with Crippen molar-refractivity contribution in [2.24, 2.45) is 0 Å². The zero-order valence-corrected chi connectivity index (χ0v) is 12.7. The van der Waals surface area contributed by atoms with E-state index in [4.69, 9.17) is 9.47 Å². The molecule has 1 N–H and O–H groups in total. The van der Waals surface area contributed by atoms with Gasteiger partial charge in [0.15, 0.2) is 0 Å². The predicted octanol–water partition coefficient (Wildman–Crippen LogP) is 1.47. The first-order valence-electron chi connectivity index (χ1n) is 7.91. The van der Waals surface area contributed by atoms with Crippen LogP contribution in [-0.2, 0) is 15.9 Å². The maximum Gasteiger partial charge on any atom is 0.227 e. The van der Waals surface area contributed by atoms with Gasteiger partial charge in [0.25, 0.3) is 0 Å². The maximum atomic E-state index is 5.64. The largest absolute Gasteiger partial charge is 0.376 e. The van der Waals surface area contributed by atoms with Crippen LogP contribution in [0.25, 0.3) is 0 Å². The first kappa shape index (κ1) is 14.5. The molecule has 1 atom stereocenters. The summed E-state index contributed by atoms with van der Waals surface area (Å²) >= 11 is 0. The van der Waals surface area contributed by atoms with Crippen LogP contribution in [-0.4, -0.2) is 55.5 Å². The highest BCUT2D eigenvalue weighted by atomic mass is 16.6. The number of anilines is 2. The van der Waals surface area contributed by atoms with Crippen LogP contribution in [0.3, 0.4) is 0 Å². The highest BCUT2D eigenvalue weighted by Crippen LogP contribution is 2.19. The minimum absolute atomic E-state index is 0.106. The lowest BCUT2D eigenvalue weighted by molar-refractivity contribution is -0.0819. The van der Waals surface area contributed by atoms with E-state index in [0.29, 0.717) is 19.8 Å². The van der Waals surface area contributed by atoms with Gasteiger partial charge in [-0.3, -0.25) is 0 Å². The smallest absolute Gasteiger partial charge is 0.227 e. The van der Waals surface area contributed by atoms with Gasteiger partial charge in [-0.25, -0.2) is 4.98 Å². The molecule has 0 spiro atoms. The summed E-state index contributed by atoms with van der Waals surface area (Å²) in [6.07, 6.45) is 3.49. The van der Waals surface area contributed by atoms with Crippen molar-refractivity contribution in [1.82, 2.24) is 9.97 Å². The molecule has 3 rings (SSSR count). The third kappa shape index (κ3) is 3.83. The summed E-state index contributed by atoms with van der Waals surface area (Å²) in [4.78, 5) is 11.6. The molecule has 2 aliphatic heterocycles. The fourth-order valence-electron chi connectivity index (χ4n) is 2.69. The van der Waals surface area contributed by atoms with Crippen molar-refractivity contribution in [3.8, 4) is 0 Å². The lowest BCUT2D eigenvalue weighted by atomic mass is 10.3. The molecule has 0 bridgehead atoms. The molecule has 0 radical (unpaired) electrons. The fraction of sp³-hybridized carbons (Fsp3) is 0.733. The summed E-state index contributed by atoms with van der Waals surface area (Å²) in [5, 5.41) is 3.37. The summed E-state index contributed by atoms with van der Waals surface area (Å²) < 4.78 is 11.1. The summed E-state index contributed by atoms with van der Waals surface area (Å²) in [6.45, 7) is 6.99. The van der Waals surface area contributed by atoms with Crippen molar-refractivity contribution in [1.29, 1.82) is 0 Å². The Balaban J connectivity index is 1.66. The Hall–Kier alpha value is -1.40. The highest BCUT2D eigenvalue weighted by molar-refractivity contribution is 5.44. The second-order valence-corrected chi connectivity index (χ2v) is 5.54. The van der Waals surface area contributed by atoms with Crippen molar-refractivity contribution in [3.05, 3.63) is 11.8 Å². The number of hydrogen-bond acceptors (Lipinski definition) is 6. The molecular formula is C15H24N4O2. The van der Waals surface area contributed by atoms with Crippen LogP contribution in [0, 0.1) is 0 Å². The van der Waals surface area contributed by atoms with E-state index in [1.807, 2.05) is 6.07 Å². The number of rotatable bonds is 5. The highest BCUT2D eigenvalue weighted by Gasteiger charge is 2.18. The Morgan fingerprint density at radius 1 is 1.29 bits per heavy atom. The first-order valence-corrected chi connectivity index (χ1v) is 7.91. The fourth-order valence-corrected chi connectivity index (χ4v) is 2.69. The Morgan fingerprint density at radius 3 is 2.86 bits per heavy atom. The minimum Gasteiger partial charge on any atom is -0.376 e. The number of hydrogen-bond donors (Lipinski definition) is 1. The third-order valence-corrected chi connectivity index (χ3v) is 3.91. The van der Waals surface area contributed by atoms with E-state index in [-0.39, 0.29) is 6.10 Å². The molecule has 21 heavy (non-hydrogen) atoms. The van der Waals surface area contributed by atoms with E-state index in [2.05, 4.69) is 27.1 Å². The molecule has 2 aliphatic rings. The zero-order valence-electron chi connectivity index (χ0n) is 12.7. The van der Waals surface area contributed by atoms with Crippen molar-refractivity contribution < 1.29 is 9.47 Å². The number of nitrogens with one attached hydrogen (secondary N) is 1. The van der Waals surface area contributed by atoms with E-state index in [1.165, 1.54) is 12.8 Å². The number of aromatic nitrogens is 2. The van der Waals surface area contributed by atoms with Crippen molar-refractivity contribution in [3.63, 3.8) is 0 Å². The van der Waals surface area contributed by atoms with Crippen LogP contribution in [0.4, 0.5) is 11.8 Å². The van der Waals surface area contributed by atoms with Crippen LogP contribution in [0.1, 0.15) is 25.5 Å². The molecule has 0 saturated carbocycles. The monoisotopic (exact) mass is 292 g/mol. The standard InChI is InChI=1S/C15H24N4O2/c1-2-12-9-14(16-10-13-11-20-7-8-21-13)18-15(17-12)19-5-3-4-6-19/h9,13H,2-8,10-11H2,1H3,(H,16,17,18)/t13-/m1/s1. The molecular weight excluding hydrogens is 268 g/mol. The number of aryl methyl sites for hydroxylation is 1. The molecule has 1 aromatic rings. The van der Waals surface area contributed by atoms with Crippen LogP contribution >= 0.6 is 0 Å². The van der Waals surface area contributed by atoms with Gasteiger partial charge >= 0.3 is 0 Å². The van der Waals surface area contributed by atoms with Crippen molar-refractivity contribution in [2.45, 2.75) is 32.3 Å². The van der Waals surface area contributed by atoms with E-state index < -0.39 is 0 Å². The second-order valence-electron chi connectivity index (χ2n) is 5.54. The van der Waals surface area contributed by atoms with Gasteiger partial charge in [-0.1, -0.05) is 6.92 Å². The molecule has 3 heterocycles. The van der Waals surface area contributed by atoms with Gasteiger partial charge in [0, 0.05) is 31.4 Å². The van der Waals surface area contributed by atoms with Gasteiger partial charge in [0.05, 0.1) is 25.9 Å². The Bertz CT molecular complexity index is 457. The quantitative estimate of drug-likeness (QED) is 0.887. The molecule has 6 nitrogen and oxygen atoms in total. The molecule has 116 valence electrons. The minimum atomic E-state index is 0.106. The molecule has 1 aromatic heterocycles. The number of ether oxygens (including phenoxy) is 2. The van der Waals surface area contributed by atoms with Crippen molar-refractivity contribution >= 4 is 11.8 Å². The summed E-state index contributed by atoms with van der Waals surface area (Å²) in [5.41, 5.74) is 1.08. The molecule has 0 unspecified atom stereocenters. The molecule has 6 heteroatoms. The Morgan fingerprint density at radius 2 is 2.14 bits per heavy atom. The predicted molar refractivity (Wildman–Crippen MR) is 81.9 cm³/mol. The zero-order chi connectivity index (χ0) is 14.5. The van der Waals surface area contributed by atoms with Gasteiger partial charge in [-0.2, -0.15) is 4.98 Å². The lowest BCUT2D eigenvalue weighted by Gasteiger charge is -2.23. The molecule has 0 aromatic carbocycles. The second kappa shape index (κ2) is 7.04. The van der Waals surface area contributed by atoms with E-state index >= 15 is 0 Å². The SMILES string of the molecule is CCc1cc(NC[C@@H]2COCCO2)nc(N2CCCC2)n1. The topological polar surface area (TPSA) is 59.5 Å². The lowest BCUT2D eigenvalue weighted by Crippen LogP contribution is -2.34. The first-order chi connectivity index (χ1) is 10.3. The number of nitrogens with zero attached hydrogens (tertiary/aromatic N) is 3. The van der Waals surface area contributed by atoms with Crippen LogP contribution in [0.2, 0.25) is 0 Å². The molecule has 2 fully saturated rings. The molecule has 2 saturated heterocycles. The van der Waals surface area contributed by atoms with Crippen LogP contribution in [0.15, 0.2) is 6.07 Å². The third-order valence-electron chi connectivity index (χ3n) is 3.91. The Kier molecular flexibility index (Phi) is 4.87. The summed E-state index contributed by atoms with van der Waals surface area (Å²) in [5.74, 6) is 1.74. The van der Waals surface area contributed by atoms with Crippen LogP contribution < -0.4 is 10.2 Å². The van der Waals surface area contributed by atoms with E-state index in [1.54, 1.807) is 0 Å². The average molecular weight is 292 g/mol.